The van der Waals surface area contributed by atoms with Gasteiger partial charge in [-0.1, -0.05) is 11.6 Å². The molecule has 2 amide bonds. The fraction of sp³-hybridized carbons (Fsp3) is 0.500. The number of amides is 2. The van der Waals surface area contributed by atoms with Crippen LogP contribution in [-0.2, 0) is 16.1 Å². The van der Waals surface area contributed by atoms with Gasteiger partial charge in [0.05, 0.1) is 0 Å². The Morgan fingerprint density at radius 2 is 2.10 bits per heavy atom. The Morgan fingerprint density at radius 3 is 2.76 bits per heavy atom. The van der Waals surface area contributed by atoms with Crippen molar-refractivity contribution in [3.05, 3.63) is 32.1 Å². The molecule has 1 atom stereocenters. The summed E-state index contributed by atoms with van der Waals surface area (Å²) in [5, 5.41) is -0.188. The summed E-state index contributed by atoms with van der Waals surface area (Å²) in [5.41, 5.74) is 3.85. The SMILES string of the molecule is NC(=O)C1CCCCN1C(=O)Cn1cc(Cl)c(=O)[nH]c1=O. The highest BCUT2D eigenvalue weighted by Gasteiger charge is 2.30. The van der Waals surface area contributed by atoms with Crippen LogP contribution in [0, 0.1) is 0 Å². The molecule has 0 aromatic carbocycles. The minimum atomic E-state index is -0.731. The first-order valence-corrected chi connectivity index (χ1v) is 6.86. The summed E-state index contributed by atoms with van der Waals surface area (Å²) < 4.78 is 0.999. The van der Waals surface area contributed by atoms with Gasteiger partial charge in [-0.25, -0.2) is 4.79 Å². The number of carbonyl (C=O) groups is 2. The van der Waals surface area contributed by atoms with Gasteiger partial charge in [-0.2, -0.15) is 0 Å². The number of carbonyl (C=O) groups excluding carboxylic acids is 2. The summed E-state index contributed by atoms with van der Waals surface area (Å²) in [6.45, 7) is 0.109. The van der Waals surface area contributed by atoms with Crippen LogP contribution in [0.15, 0.2) is 15.8 Å². The van der Waals surface area contributed by atoms with Gasteiger partial charge in [0.2, 0.25) is 11.8 Å². The highest BCUT2D eigenvalue weighted by atomic mass is 35.5. The minimum Gasteiger partial charge on any atom is -0.368 e. The number of nitrogens with one attached hydrogen (secondary N) is 1. The lowest BCUT2D eigenvalue weighted by Crippen LogP contribution is -2.52. The maximum Gasteiger partial charge on any atom is 0.328 e. The number of halogens is 1. The lowest BCUT2D eigenvalue weighted by molar-refractivity contribution is -0.141. The second kappa shape index (κ2) is 6.13. The smallest absolute Gasteiger partial charge is 0.328 e. The maximum atomic E-state index is 12.3. The van der Waals surface area contributed by atoms with E-state index in [1.54, 1.807) is 0 Å². The molecule has 1 aromatic heterocycles. The van der Waals surface area contributed by atoms with Crippen LogP contribution in [0.3, 0.4) is 0 Å². The Bertz CT molecular complexity index is 681. The van der Waals surface area contributed by atoms with Gasteiger partial charge < -0.3 is 10.6 Å². The molecule has 0 saturated carbocycles. The van der Waals surface area contributed by atoms with E-state index in [9.17, 15) is 19.2 Å². The molecule has 21 heavy (non-hydrogen) atoms. The molecular formula is C12H15ClN4O4. The second-order valence-corrected chi connectivity index (χ2v) is 5.27. The maximum absolute atomic E-state index is 12.3. The van der Waals surface area contributed by atoms with Crippen molar-refractivity contribution < 1.29 is 9.59 Å². The predicted molar refractivity (Wildman–Crippen MR) is 74.9 cm³/mol. The predicted octanol–water partition coefficient (Wildman–Crippen LogP) is -0.944. The van der Waals surface area contributed by atoms with Crippen molar-refractivity contribution in [3.63, 3.8) is 0 Å². The fourth-order valence-corrected chi connectivity index (χ4v) is 2.53. The zero-order chi connectivity index (χ0) is 15.6. The largest absolute Gasteiger partial charge is 0.368 e. The molecule has 8 nitrogen and oxygen atoms in total. The number of rotatable bonds is 3. The Balaban J connectivity index is 2.21. The lowest BCUT2D eigenvalue weighted by atomic mass is 10.0. The molecule has 1 unspecified atom stereocenters. The molecule has 1 aliphatic heterocycles. The van der Waals surface area contributed by atoms with E-state index in [0.717, 1.165) is 23.6 Å². The highest BCUT2D eigenvalue weighted by Crippen LogP contribution is 2.17. The number of H-pyrrole nitrogens is 1. The molecule has 114 valence electrons. The van der Waals surface area contributed by atoms with Crippen LogP contribution in [0.5, 0.6) is 0 Å². The number of nitrogens with two attached hydrogens (primary N) is 1. The molecule has 0 bridgehead atoms. The van der Waals surface area contributed by atoms with Crippen LogP contribution < -0.4 is 17.0 Å². The van der Waals surface area contributed by atoms with Crippen LogP contribution in [0.1, 0.15) is 19.3 Å². The number of hydrogen-bond acceptors (Lipinski definition) is 4. The van der Waals surface area contributed by atoms with Gasteiger partial charge in [0.25, 0.3) is 5.56 Å². The van der Waals surface area contributed by atoms with Crippen LogP contribution in [0.25, 0.3) is 0 Å². The van der Waals surface area contributed by atoms with Gasteiger partial charge in [-0.15, -0.1) is 0 Å². The summed E-state index contributed by atoms with van der Waals surface area (Å²) >= 11 is 5.63. The number of primary amides is 1. The topological polar surface area (TPSA) is 118 Å². The van der Waals surface area contributed by atoms with Crippen molar-refractivity contribution in [2.24, 2.45) is 5.73 Å². The summed E-state index contributed by atoms with van der Waals surface area (Å²) in [5.74, 6) is -0.974. The molecule has 9 heteroatoms. The third kappa shape index (κ3) is 3.33. The zero-order valence-electron chi connectivity index (χ0n) is 11.2. The third-order valence-corrected chi connectivity index (χ3v) is 3.69. The van der Waals surface area contributed by atoms with Crippen molar-refractivity contribution in [3.8, 4) is 0 Å². The minimum absolute atomic E-state index is 0.188. The van der Waals surface area contributed by atoms with Crippen LogP contribution in [0.2, 0.25) is 5.02 Å². The highest BCUT2D eigenvalue weighted by molar-refractivity contribution is 6.30. The molecule has 1 saturated heterocycles. The van der Waals surface area contributed by atoms with E-state index in [1.165, 1.54) is 4.90 Å². The Hall–Kier alpha value is -2.09. The Kier molecular flexibility index (Phi) is 4.46. The monoisotopic (exact) mass is 314 g/mol. The first kappa shape index (κ1) is 15.3. The first-order valence-electron chi connectivity index (χ1n) is 6.48. The van der Waals surface area contributed by atoms with Crippen molar-refractivity contribution in [2.75, 3.05) is 6.54 Å². The molecule has 0 spiro atoms. The number of aromatic nitrogens is 2. The molecule has 1 aromatic rings. The average molecular weight is 315 g/mol. The Morgan fingerprint density at radius 1 is 1.38 bits per heavy atom. The van der Waals surface area contributed by atoms with E-state index in [1.807, 2.05) is 4.98 Å². The molecular weight excluding hydrogens is 300 g/mol. The van der Waals surface area contributed by atoms with Gasteiger partial charge in [0.1, 0.15) is 17.6 Å². The molecule has 0 radical (unpaired) electrons. The standard InChI is InChI=1S/C12H15ClN4O4/c13-7-5-16(12(21)15-11(7)20)6-9(18)17-4-2-1-3-8(17)10(14)19/h5,8H,1-4,6H2,(H2,14,19)(H,15,20,21). The van der Waals surface area contributed by atoms with Gasteiger partial charge in [-0.3, -0.25) is 23.9 Å². The number of aromatic amines is 1. The molecule has 0 aliphatic carbocycles. The molecule has 1 aliphatic rings. The number of likely N-dealkylation sites (tertiary alicyclic amines) is 1. The van der Waals surface area contributed by atoms with E-state index in [2.05, 4.69) is 0 Å². The van der Waals surface area contributed by atoms with Crippen LogP contribution >= 0.6 is 11.6 Å². The van der Waals surface area contributed by atoms with E-state index < -0.39 is 29.1 Å². The van der Waals surface area contributed by atoms with E-state index in [0.29, 0.717) is 13.0 Å². The van der Waals surface area contributed by atoms with Gasteiger partial charge in [0.15, 0.2) is 0 Å². The van der Waals surface area contributed by atoms with E-state index >= 15 is 0 Å². The number of hydrogen-bond donors (Lipinski definition) is 2. The molecule has 1 fully saturated rings. The van der Waals surface area contributed by atoms with E-state index in [4.69, 9.17) is 17.3 Å². The normalized spacial score (nSPS) is 18.5. The van der Waals surface area contributed by atoms with Crippen molar-refractivity contribution >= 4 is 23.4 Å². The van der Waals surface area contributed by atoms with Gasteiger partial charge in [0, 0.05) is 12.7 Å². The van der Waals surface area contributed by atoms with Gasteiger partial charge in [-0.05, 0) is 19.3 Å². The van der Waals surface area contributed by atoms with Crippen molar-refractivity contribution in [1.29, 1.82) is 0 Å². The van der Waals surface area contributed by atoms with Crippen molar-refractivity contribution in [1.82, 2.24) is 14.5 Å². The van der Waals surface area contributed by atoms with Crippen molar-refractivity contribution in [2.45, 2.75) is 31.8 Å². The first-order chi connectivity index (χ1) is 9.90. The molecule has 2 heterocycles. The fourth-order valence-electron chi connectivity index (χ4n) is 2.36. The van der Waals surface area contributed by atoms with Gasteiger partial charge >= 0.3 is 5.69 Å². The van der Waals surface area contributed by atoms with Crippen LogP contribution in [0.4, 0.5) is 0 Å². The number of nitrogens with zero attached hydrogens (tertiary/aromatic N) is 2. The Labute approximate surface area is 124 Å². The molecule has 3 N–H and O–H groups in total. The summed E-state index contributed by atoms with van der Waals surface area (Å²) in [6.07, 6.45) is 3.21. The molecule has 2 rings (SSSR count). The summed E-state index contributed by atoms with van der Waals surface area (Å²) in [7, 11) is 0. The van der Waals surface area contributed by atoms with E-state index in [-0.39, 0.29) is 11.6 Å². The summed E-state index contributed by atoms with van der Waals surface area (Å²) in [6, 6.07) is -0.653. The van der Waals surface area contributed by atoms with Crippen LogP contribution in [-0.4, -0.2) is 38.9 Å². The average Bonchev–Trinajstić information content (AvgIpc) is 2.44. The third-order valence-electron chi connectivity index (χ3n) is 3.42. The summed E-state index contributed by atoms with van der Waals surface area (Å²) in [4.78, 5) is 49.8. The lowest BCUT2D eigenvalue weighted by Gasteiger charge is -2.33. The quantitative estimate of drug-likeness (QED) is 0.748. The number of piperidine rings is 1. The second-order valence-electron chi connectivity index (χ2n) is 4.87. The zero-order valence-corrected chi connectivity index (χ0v) is 11.9.